The van der Waals surface area contributed by atoms with Crippen molar-refractivity contribution in [3.05, 3.63) is 59.2 Å². The lowest BCUT2D eigenvalue weighted by Crippen LogP contribution is -2.47. The molecule has 4 atom stereocenters. The quantitative estimate of drug-likeness (QED) is 0.314. The third kappa shape index (κ3) is 3.43. The van der Waals surface area contributed by atoms with Gasteiger partial charge in [0.1, 0.15) is 40.8 Å². The van der Waals surface area contributed by atoms with Crippen molar-refractivity contribution in [3.63, 3.8) is 0 Å². The van der Waals surface area contributed by atoms with Gasteiger partial charge in [-0.1, -0.05) is 39.0 Å². The Hall–Kier alpha value is -2.78. The third-order valence-electron chi connectivity index (χ3n) is 8.14. The highest BCUT2D eigenvalue weighted by atomic mass is 28.4. The Bertz CT molecular complexity index is 1350. The number of hydrogen-bond acceptors (Lipinski definition) is 7. The van der Waals surface area contributed by atoms with Crippen LogP contribution < -0.4 is 9.47 Å². The lowest BCUT2D eigenvalue weighted by molar-refractivity contribution is 0.0402. The maximum Gasteiger partial charge on any atom is 0.193 e. The highest BCUT2D eigenvalue weighted by Crippen LogP contribution is 2.61. The monoisotopic (exact) mass is 510 g/mol. The van der Waals surface area contributed by atoms with Crippen LogP contribution in [0.5, 0.6) is 23.0 Å². The first kappa shape index (κ1) is 24.9. The molecule has 8 heteroatoms. The van der Waals surface area contributed by atoms with E-state index in [0.717, 1.165) is 0 Å². The Morgan fingerprint density at radius 2 is 1.53 bits per heavy atom. The molecular formula is C28H34O7Si. The van der Waals surface area contributed by atoms with E-state index in [2.05, 4.69) is 33.9 Å². The first-order valence-corrected chi connectivity index (χ1v) is 15.0. The van der Waals surface area contributed by atoms with Crippen molar-refractivity contribution in [2.45, 2.75) is 62.8 Å². The summed E-state index contributed by atoms with van der Waals surface area (Å²) in [6, 6.07) is 11.8. The largest absolute Gasteiger partial charge is 0.508 e. The second kappa shape index (κ2) is 8.11. The molecule has 1 aliphatic heterocycles. The Morgan fingerprint density at radius 1 is 0.889 bits per heavy atom. The zero-order chi connectivity index (χ0) is 26.2. The van der Waals surface area contributed by atoms with Gasteiger partial charge in [-0.15, -0.1) is 0 Å². The van der Waals surface area contributed by atoms with Crippen molar-refractivity contribution in [1.82, 2.24) is 0 Å². The molecule has 1 heterocycles. The number of aliphatic hydroxyl groups is 1. The minimum Gasteiger partial charge on any atom is -0.508 e. The van der Waals surface area contributed by atoms with Crippen molar-refractivity contribution >= 4 is 19.1 Å². The summed E-state index contributed by atoms with van der Waals surface area (Å²) in [6.45, 7) is 10.9. The molecule has 192 valence electrons. The third-order valence-corrected chi connectivity index (χ3v) is 12.6. The fourth-order valence-electron chi connectivity index (χ4n) is 5.20. The van der Waals surface area contributed by atoms with E-state index in [0.29, 0.717) is 39.0 Å². The second-order valence-electron chi connectivity index (χ2n) is 11.2. The van der Waals surface area contributed by atoms with E-state index in [1.54, 1.807) is 30.3 Å². The molecule has 1 fully saturated rings. The maximum atomic E-state index is 12.5. The summed E-state index contributed by atoms with van der Waals surface area (Å²) in [5, 5.41) is 35.3. The van der Waals surface area contributed by atoms with Gasteiger partial charge in [0.15, 0.2) is 8.32 Å². The second-order valence-corrected chi connectivity index (χ2v) is 15.9. The van der Waals surface area contributed by atoms with Crippen molar-refractivity contribution in [2.75, 3.05) is 14.2 Å². The molecule has 1 saturated heterocycles. The highest BCUT2D eigenvalue weighted by Gasteiger charge is 2.66. The van der Waals surface area contributed by atoms with Gasteiger partial charge in [-0.25, -0.2) is 0 Å². The van der Waals surface area contributed by atoms with Crippen LogP contribution in [0.15, 0.2) is 42.5 Å². The van der Waals surface area contributed by atoms with E-state index < -0.39 is 26.1 Å². The molecule has 0 saturated carbocycles. The molecule has 3 aromatic rings. The Balaban J connectivity index is 1.77. The summed E-state index contributed by atoms with van der Waals surface area (Å²) < 4.78 is 24.1. The number of phenols is 2. The smallest absolute Gasteiger partial charge is 0.193 e. The predicted molar refractivity (Wildman–Crippen MR) is 140 cm³/mol. The standard InChI is InChI=1S/C28H34O7Si/c1-27(2,3)36(6,7)35-24-15-9-8-10-18(30)23(15)28(31,26-25(24)34-26)16-11-12-17(29)22-20(33-5)14-13-19(32-4)21(16)22/h8-14,24-26,29-31H,1-7H3/t24-,25-,26-,28+/m1/s1. The Kier molecular flexibility index (Phi) is 5.61. The Morgan fingerprint density at radius 3 is 2.14 bits per heavy atom. The Labute approximate surface area is 212 Å². The van der Waals surface area contributed by atoms with Gasteiger partial charge in [0.25, 0.3) is 0 Å². The van der Waals surface area contributed by atoms with Crippen LogP contribution >= 0.6 is 0 Å². The molecule has 1 aliphatic carbocycles. The molecule has 0 aromatic heterocycles. The molecule has 0 bridgehead atoms. The van der Waals surface area contributed by atoms with Crippen molar-refractivity contribution in [1.29, 1.82) is 0 Å². The topological polar surface area (TPSA) is 101 Å². The zero-order valence-corrected chi connectivity index (χ0v) is 22.7. The average Bonchev–Trinajstić information content (AvgIpc) is 3.62. The number of benzene rings is 3. The van der Waals surface area contributed by atoms with E-state index in [-0.39, 0.29) is 22.6 Å². The van der Waals surface area contributed by atoms with Crippen molar-refractivity contribution < 1.29 is 34.0 Å². The van der Waals surface area contributed by atoms with E-state index in [9.17, 15) is 15.3 Å². The molecule has 0 unspecified atom stereocenters. The number of aromatic hydroxyl groups is 2. The van der Waals surface area contributed by atoms with Gasteiger partial charge < -0.3 is 34.0 Å². The molecule has 0 amide bonds. The summed E-state index contributed by atoms with van der Waals surface area (Å²) in [7, 11) is 0.843. The SMILES string of the molecule is COc1ccc(OC)c2c([C@]3(O)c4c(O)cccc4[C@@H](O[Si](C)(C)C(C)(C)C)[C@H]4O[C@H]43)ccc(O)c12. The summed E-state index contributed by atoms with van der Waals surface area (Å²) in [5.41, 5.74) is -0.218. The van der Waals surface area contributed by atoms with Crippen molar-refractivity contribution in [3.8, 4) is 23.0 Å². The van der Waals surface area contributed by atoms with Crippen LogP contribution in [0.2, 0.25) is 18.1 Å². The molecule has 3 N–H and O–H groups in total. The number of rotatable bonds is 5. The zero-order valence-electron chi connectivity index (χ0n) is 21.7. The minimum absolute atomic E-state index is 0.00572. The first-order chi connectivity index (χ1) is 16.9. The first-order valence-electron chi connectivity index (χ1n) is 12.1. The van der Waals surface area contributed by atoms with Crippen LogP contribution in [0.3, 0.4) is 0 Å². The molecule has 0 radical (unpaired) electrons. The van der Waals surface area contributed by atoms with E-state index >= 15 is 0 Å². The maximum absolute atomic E-state index is 12.5. The van der Waals surface area contributed by atoms with Crippen LogP contribution in [-0.2, 0) is 14.8 Å². The minimum atomic E-state index is -2.21. The van der Waals surface area contributed by atoms with Crippen LogP contribution in [0.4, 0.5) is 0 Å². The lowest BCUT2D eigenvalue weighted by Gasteiger charge is -2.42. The molecule has 5 rings (SSSR count). The summed E-state index contributed by atoms with van der Waals surface area (Å²) in [5.74, 6) is 0.845. The van der Waals surface area contributed by atoms with Crippen LogP contribution in [0, 0.1) is 0 Å². The van der Waals surface area contributed by atoms with E-state index in [1.165, 1.54) is 20.3 Å². The van der Waals surface area contributed by atoms with Crippen LogP contribution in [0.25, 0.3) is 10.8 Å². The highest BCUT2D eigenvalue weighted by molar-refractivity contribution is 6.74. The normalized spacial score (nSPS) is 25.3. The van der Waals surface area contributed by atoms with Crippen LogP contribution in [0.1, 0.15) is 43.6 Å². The fraction of sp³-hybridized carbons (Fsp3) is 0.429. The molecule has 3 aromatic carbocycles. The lowest BCUT2D eigenvalue weighted by atomic mass is 9.72. The predicted octanol–water partition coefficient (Wildman–Crippen LogP) is 5.35. The molecule has 36 heavy (non-hydrogen) atoms. The molecular weight excluding hydrogens is 476 g/mol. The van der Waals surface area contributed by atoms with Gasteiger partial charge >= 0.3 is 0 Å². The van der Waals surface area contributed by atoms with Crippen molar-refractivity contribution in [2.24, 2.45) is 0 Å². The number of ether oxygens (including phenoxy) is 3. The molecule has 0 spiro atoms. The van der Waals surface area contributed by atoms with Crippen LogP contribution in [-0.4, -0.2) is 50.1 Å². The number of fused-ring (bicyclic) bond motifs is 3. The van der Waals surface area contributed by atoms with Gasteiger partial charge in [0, 0.05) is 16.5 Å². The van der Waals surface area contributed by atoms with Gasteiger partial charge in [-0.05, 0) is 48.0 Å². The van der Waals surface area contributed by atoms with E-state index in [4.69, 9.17) is 18.6 Å². The summed E-state index contributed by atoms with van der Waals surface area (Å²) >= 11 is 0. The van der Waals surface area contributed by atoms with Gasteiger partial charge in [0.2, 0.25) is 0 Å². The average molecular weight is 511 g/mol. The number of phenolic OH excluding ortho intramolecular Hbond substituents is 2. The fourth-order valence-corrected chi connectivity index (χ4v) is 6.45. The number of hydrogen-bond donors (Lipinski definition) is 3. The van der Waals surface area contributed by atoms with Gasteiger partial charge in [0.05, 0.1) is 25.7 Å². The number of methoxy groups -OCH3 is 2. The molecule has 7 nitrogen and oxygen atoms in total. The molecule has 2 aliphatic rings. The number of epoxide rings is 1. The summed E-state index contributed by atoms with van der Waals surface area (Å²) in [4.78, 5) is 0. The summed E-state index contributed by atoms with van der Waals surface area (Å²) in [6.07, 6.45) is -1.46. The van der Waals surface area contributed by atoms with Gasteiger partial charge in [-0.3, -0.25) is 0 Å². The van der Waals surface area contributed by atoms with E-state index in [1.807, 2.05) is 6.07 Å². The van der Waals surface area contributed by atoms with Gasteiger partial charge in [-0.2, -0.15) is 0 Å².